The second-order valence-corrected chi connectivity index (χ2v) is 6.35. The average molecular weight is 330 g/mol. The monoisotopic (exact) mass is 330 g/mol. The van der Waals surface area contributed by atoms with Crippen LogP contribution in [0.2, 0.25) is 0 Å². The van der Waals surface area contributed by atoms with Gasteiger partial charge in [0.2, 0.25) is 0 Å². The topological polar surface area (TPSA) is 83.5 Å². The summed E-state index contributed by atoms with van der Waals surface area (Å²) in [5.41, 5.74) is 9.42. The van der Waals surface area contributed by atoms with Crippen molar-refractivity contribution >= 4 is 16.9 Å². The van der Waals surface area contributed by atoms with Gasteiger partial charge < -0.3 is 25.6 Å². The van der Waals surface area contributed by atoms with Crippen LogP contribution in [-0.2, 0) is 13.0 Å². The van der Waals surface area contributed by atoms with Crippen molar-refractivity contribution in [1.82, 2.24) is 14.8 Å². The van der Waals surface area contributed by atoms with Gasteiger partial charge in [-0.25, -0.2) is 4.79 Å². The number of hydrogen-bond donors (Lipinski definition) is 3. The van der Waals surface area contributed by atoms with Gasteiger partial charge in [0.1, 0.15) is 0 Å². The zero-order chi connectivity index (χ0) is 17.1. The molecule has 2 aromatic rings. The first-order valence-electron chi connectivity index (χ1n) is 8.60. The fourth-order valence-electron chi connectivity index (χ4n) is 3.71. The van der Waals surface area contributed by atoms with Crippen molar-refractivity contribution in [2.75, 3.05) is 39.3 Å². The number of aromatic carboxylic acids is 1. The van der Waals surface area contributed by atoms with Crippen LogP contribution in [0.25, 0.3) is 10.9 Å². The van der Waals surface area contributed by atoms with Crippen LogP contribution in [0.3, 0.4) is 0 Å². The number of hydrogen-bond acceptors (Lipinski definition) is 4. The summed E-state index contributed by atoms with van der Waals surface area (Å²) in [6.07, 6.45) is 0.865. The molecule has 1 saturated heterocycles. The van der Waals surface area contributed by atoms with Crippen molar-refractivity contribution in [3.05, 3.63) is 35.0 Å². The third-order valence-corrected chi connectivity index (χ3v) is 4.95. The van der Waals surface area contributed by atoms with Crippen LogP contribution >= 0.6 is 0 Å². The van der Waals surface area contributed by atoms with Gasteiger partial charge in [0.05, 0.1) is 5.56 Å². The largest absolute Gasteiger partial charge is 0.478 e. The molecular formula is C18H26N4O2. The molecule has 1 aromatic carbocycles. The van der Waals surface area contributed by atoms with E-state index in [0.29, 0.717) is 18.7 Å². The Morgan fingerprint density at radius 1 is 1.29 bits per heavy atom. The number of fused-ring (bicyclic) bond motifs is 1. The van der Waals surface area contributed by atoms with E-state index in [1.165, 1.54) is 0 Å². The van der Waals surface area contributed by atoms with Crippen LogP contribution in [0.4, 0.5) is 0 Å². The number of nitrogens with two attached hydrogens (primary N) is 1. The summed E-state index contributed by atoms with van der Waals surface area (Å²) in [5.74, 6) is -0.867. The minimum absolute atomic E-state index is 0.390. The minimum atomic E-state index is -0.867. The highest BCUT2D eigenvalue weighted by molar-refractivity contribution is 6.05. The molecule has 0 unspecified atom stereocenters. The molecular weight excluding hydrogens is 304 g/mol. The smallest absolute Gasteiger partial charge is 0.336 e. The normalized spacial score (nSPS) is 15.9. The standard InChI is InChI=1S/C18H26N4O2/c1-13-14(5-9-21-11-7-20-8-12-21)17-15(18(23)24)3-2-4-16(17)22(13)10-6-19/h2-4,20H,5-12,19H2,1H3,(H,23,24). The van der Waals surface area contributed by atoms with Gasteiger partial charge in [0.15, 0.2) is 0 Å². The van der Waals surface area contributed by atoms with Gasteiger partial charge >= 0.3 is 5.97 Å². The number of piperazine rings is 1. The molecule has 0 saturated carbocycles. The predicted octanol–water partition coefficient (Wildman–Crippen LogP) is 1.05. The van der Waals surface area contributed by atoms with Gasteiger partial charge in [0.25, 0.3) is 0 Å². The molecule has 1 fully saturated rings. The van der Waals surface area contributed by atoms with E-state index >= 15 is 0 Å². The zero-order valence-electron chi connectivity index (χ0n) is 14.2. The molecule has 1 aromatic heterocycles. The maximum Gasteiger partial charge on any atom is 0.336 e. The second kappa shape index (κ2) is 7.34. The van der Waals surface area contributed by atoms with Crippen LogP contribution < -0.4 is 11.1 Å². The van der Waals surface area contributed by atoms with Gasteiger partial charge in [-0.05, 0) is 31.0 Å². The molecule has 1 aliphatic heterocycles. The Labute approximate surface area is 142 Å². The Hall–Kier alpha value is -1.89. The van der Waals surface area contributed by atoms with Gasteiger partial charge in [-0.1, -0.05) is 6.07 Å². The van der Waals surface area contributed by atoms with Gasteiger partial charge in [-0.3, -0.25) is 0 Å². The van der Waals surface area contributed by atoms with Gasteiger partial charge in [-0.15, -0.1) is 0 Å². The lowest BCUT2D eigenvalue weighted by molar-refractivity contribution is 0.0699. The molecule has 0 atom stereocenters. The summed E-state index contributed by atoms with van der Waals surface area (Å²) in [6, 6.07) is 5.52. The third kappa shape index (κ3) is 3.17. The van der Waals surface area contributed by atoms with Crippen molar-refractivity contribution < 1.29 is 9.90 Å². The van der Waals surface area contributed by atoms with E-state index in [1.54, 1.807) is 6.07 Å². The van der Waals surface area contributed by atoms with E-state index in [4.69, 9.17) is 5.73 Å². The molecule has 0 radical (unpaired) electrons. The molecule has 0 spiro atoms. The lowest BCUT2D eigenvalue weighted by atomic mass is 10.0. The molecule has 0 bridgehead atoms. The Morgan fingerprint density at radius 2 is 2.04 bits per heavy atom. The number of nitrogens with one attached hydrogen (secondary N) is 1. The van der Waals surface area contributed by atoms with Crippen molar-refractivity contribution in [2.45, 2.75) is 19.9 Å². The second-order valence-electron chi connectivity index (χ2n) is 6.35. The van der Waals surface area contributed by atoms with Crippen LogP contribution in [0, 0.1) is 6.92 Å². The Bertz CT molecular complexity index is 732. The number of carbonyl (C=O) groups is 1. The first-order valence-corrected chi connectivity index (χ1v) is 8.60. The van der Waals surface area contributed by atoms with E-state index in [9.17, 15) is 9.90 Å². The Morgan fingerprint density at radius 3 is 2.71 bits per heavy atom. The highest BCUT2D eigenvalue weighted by atomic mass is 16.4. The zero-order valence-corrected chi connectivity index (χ0v) is 14.2. The van der Waals surface area contributed by atoms with Crippen LogP contribution in [0.1, 0.15) is 21.6 Å². The van der Waals surface area contributed by atoms with Crippen LogP contribution in [-0.4, -0.2) is 59.8 Å². The maximum absolute atomic E-state index is 11.7. The van der Waals surface area contributed by atoms with Crippen molar-refractivity contribution in [3.8, 4) is 0 Å². The Kier molecular flexibility index (Phi) is 5.18. The molecule has 2 heterocycles. The van der Waals surface area contributed by atoms with E-state index in [-0.39, 0.29) is 0 Å². The highest BCUT2D eigenvalue weighted by Crippen LogP contribution is 2.29. The average Bonchev–Trinajstić information content (AvgIpc) is 2.86. The van der Waals surface area contributed by atoms with Gasteiger partial charge in [-0.2, -0.15) is 0 Å². The summed E-state index contributed by atoms with van der Waals surface area (Å²) >= 11 is 0. The number of aromatic nitrogens is 1. The van der Waals surface area contributed by atoms with E-state index in [2.05, 4.69) is 21.7 Å². The third-order valence-electron chi connectivity index (χ3n) is 4.95. The first-order chi connectivity index (χ1) is 11.6. The van der Waals surface area contributed by atoms with Crippen molar-refractivity contribution in [1.29, 1.82) is 0 Å². The number of nitrogens with zero attached hydrogens (tertiary/aromatic N) is 2. The molecule has 6 heteroatoms. The molecule has 3 rings (SSSR count). The number of carboxylic acid groups (broad SMARTS) is 1. The fraction of sp³-hybridized carbons (Fsp3) is 0.500. The molecule has 130 valence electrons. The predicted molar refractivity (Wildman–Crippen MR) is 95.7 cm³/mol. The van der Waals surface area contributed by atoms with Crippen LogP contribution in [0.15, 0.2) is 18.2 Å². The molecule has 0 aliphatic carbocycles. The summed E-state index contributed by atoms with van der Waals surface area (Å²) in [6.45, 7) is 8.42. The van der Waals surface area contributed by atoms with E-state index in [1.807, 2.05) is 12.1 Å². The summed E-state index contributed by atoms with van der Waals surface area (Å²) in [4.78, 5) is 14.1. The summed E-state index contributed by atoms with van der Waals surface area (Å²) < 4.78 is 2.16. The molecule has 6 nitrogen and oxygen atoms in total. The molecule has 0 amide bonds. The van der Waals surface area contributed by atoms with Gasteiger partial charge in [0, 0.05) is 62.4 Å². The SMILES string of the molecule is Cc1c(CCN2CCNCC2)c2c(C(=O)O)cccc2n1CCN. The molecule has 1 aliphatic rings. The summed E-state index contributed by atoms with van der Waals surface area (Å²) in [5, 5.41) is 13.8. The van der Waals surface area contributed by atoms with Crippen molar-refractivity contribution in [2.24, 2.45) is 5.73 Å². The maximum atomic E-state index is 11.7. The molecule has 24 heavy (non-hydrogen) atoms. The minimum Gasteiger partial charge on any atom is -0.478 e. The fourth-order valence-corrected chi connectivity index (χ4v) is 3.71. The van der Waals surface area contributed by atoms with Crippen molar-refractivity contribution in [3.63, 3.8) is 0 Å². The number of benzene rings is 1. The van der Waals surface area contributed by atoms with E-state index < -0.39 is 5.97 Å². The molecule has 4 N–H and O–H groups in total. The first kappa shape index (κ1) is 17.0. The lowest BCUT2D eigenvalue weighted by Crippen LogP contribution is -2.44. The number of rotatable bonds is 6. The quantitative estimate of drug-likeness (QED) is 0.737. The summed E-state index contributed by atoms with van der Waals surface area (Å²) in [7, 11) is 0. The van der Waals surface area contributed by atoms with E-state index in [0.717, 1.165) is 61.3 Å². The van der Waals surface area contributed by atoms with Crippen LogP contribution in [0.5, 0.6) is 0 Å². The Balaban J connectivity index is 2.00. The lowest BCUT2D eigenvalue weighted by Gasteiger charge is -2.27. The number of carboxylic acids is 1. The highest BCUT2D eigenvalue weighted by Gasteiger charge is 2.20.